The predicted molar refractivity (Wildman–Crippen MR) is 146 cm³/mol. The van der Waals surface area contributed by atoms with Gasteiger partial charge in [-0.15, -0.1) is 0 Å². The van der Waals surface area contributed by atoms with Gasteiger partial charge in [-0.2, -0.15) is 0 Å². The molecule has 5 rings (SSSR count). The number of hydrogen-bond acceptors (Lipinski definition) is 5. The Bertz CT molecular complexity index is 1400. The van der Waals surface area contributed by atoms with Gasteiger partial charge in [0.2, 0.25) is 6.79 Å². The van der Waals surface area contributed by atoms with Gasteiger partial charge in [-0.3, -0.25) is 4.79 Å². The highest BCUT2D eigenvalue weighted by Gasteiger charge is 2.22. The van der Waals surface area contributed by atoms with E-state index in [-0.39, 0.29) is 18.5 Å². The number of urea groups is 1. The molecule has 4 aromatic rings. The van der Waals surface area contributed by atoms with Crippen LogP contribution in [-0.2, 0) is 0 Å². The van der Waals surface area contributed by atoms with Crippen LogP contribution in [0.15, 0.2) is 97.1 Å². The zero-order valence-electron chi connectivity index (χ0n) is 21.1. The molecule has 1 heterocycles. The monoisotopic (exact) mass is 508 g/mol. The van der Waals surface area contributed by atoms with E-state index in [2.05, 4.69) is 10.6 Å². The second kappa shape index (κ2) is 11.1. The van der Waals surface area contributed by atoms with E-state index in [1.54, 1.807) is 36.4 Å². The van der Waals surface area contributed by atoms with Crippen molar-refractivity contribution in [2.45, 2.75) is 20.0 Å². The molecule has 7 nitrogen and oxygen atoms in total. The Morgan fingerprint density at radius 3 is 1.95 bits per heavy atom. The van der Waals surface area contributed by atoms with Crippen LogP contribution in [0.25, 0.3) is 0 Å². The van der Waals surface area contributed by atoms with Crippen molar-refractivity contribution in [3.63, 3.8) is 0 Å². The van der Waals surface area contributed by atoms with Crippen molar-refractivity contribution >= 4 is 23.2 Å². The minimum atomic E-state index is -0.452. The van der Waals surface area contributed by atoms with Gasteiger partial charge in [0.25, 0.3) is 0 Å². The van der Waals surface area contributed by atoms with Crippen LogP contribution < -0.4 is 24.8 Å². The van der Waals surface area contributed by atoms with Crippen molar-refractivity contribution < 1.29 is 23.8 Å². The second-order valence-corrected chi connectivity index (χ2v) is 9.20. The van der Waals surface area contributed by atoms with Crippen molar-refractivity contribution in [3.8, 4) is 17.2 Å². The Kier molecular flexibility index (Phi) is 7.26. The van der Waals surface area contributed by atoms with Gasteiger partial charge in [0, 0.05) is 23.4 Å². The molecule has 4 aromatic carbocycles. The summed E-state index contributed by atoms with van der Waals surface area (Å²) in [6.45, 7) is 3.83. The van der Waals surface area contributed by atoms with Crippen LogP contribution in [0.2, 0.25) is 0 Å². The van der Waals surface area contributed by atoms with E-state index in [0.717, 1.165) is 11.1 Å². The first-order valence-corrected chi connectivity index (χ1v) is 12.4. The van der Waals surface area contributed by atoms with Crippen molar-refractivity contribution in [1.29, 1.82) is 0 Å². The Morgan fingerprint density at radius 2 is 1.32 bits per heavy atom. The van der Waals surface area contributed by atoms with Crippen LogP contribution in [-0.4, -0.2) is 18.6 Å². The van der Waals surface area contributed by atoms with Crippen LogP contribution in [0.3, 0.4) is 0 Å². The quantitative estimate of drug-likeness (QED) is 0.249. The lowest BCUT2D eigenvalue weighted by Gasteiger charge is -2.23. The van der Waals surface area contributed by atoms with Crippen LogP contribution in [0.1, 0.15) is 41.4 Å². The zero-order chi connectivity index (χ0) is 26.5. The average Bonchev–Trinajstić information content (AvgIpc) is 3.40. The highest BCUT2D eigenvalue weighted by Crippen LogP contribution is 2.35. The summed E-state index contributed by atoms with van der Waals surface area (Å²) in [4.78, 5) is 25.9. The average molecular weight is 509 g/mol. The van der Waals surface area contributed by atoms with E-state index >= 15 is 0 Å². The summed E-state index contributed by atoms with van der Waals surface area (Å²) in [6, 6.07) is 29.5. The van der Waals surface area contributed by atoms with Gasteiger partial charge in [0.1, 0.15) is 11.9 Å². The van der Waals surface area contributed by atoms with Gasteiger partial charge < -0.3 is 24.8 Å². The number of hydrogen-bond donors (Lipinski definition) is 2. The summed E-state index contributed by atoms with van der Waals surface area (Å²) < 4.78 is 17.2. The molecular formula is C31H28N2O5. The molecule has 0 spiro atoms. The lowest BCUT2D eigenvalue weighted by atomic mass is 9.98. The minimum Gasteiger partial charge on any atom is -0.480 e. The largest absolute Gasteiger partial charge is 0.480 e. The maximum Gasteiger partial charge on any atom is 0.323 e. The van der Waals surface area contributed by atoms with Gasteiger partial charge in [-0.25, -0.2) is 4.79 Å². The summed E-state index contributed by atoms with van der Waals surface area (Å²) in [7, 11) is 0. The topological polar surface area (TPSA) is 85.9 Å². The summed E-state index contributed by atoms with van der Waals surface area (Å²) in [5.41, 5.74) is 3.35. The number of nitrogens with one attached hydrogen (secondary N) is 2. The summed E-state index contributed by atoms with van der Waals surface area (Å²) in [5.74, 6) is 1.30. The first kappa shape index (κ1) is 24.9. The van der Waals surface area contributed by atoms with Gasteiger partial charge in [0.15, 0.2) is 17.3 Å². The molecule has 0 bridgehead atoms. The Balaban J connectivity index is 1.40. The van der Waals surface area contributed by atoms with Crippen molar-refractivity contribution in [2.24, 2.45) is 5.92 Å². The number of carbonyl (C=O) groups excluding carboxylic acids is 2. The molecule has 0 aromatic heterocycles. The molecule has 0 fully saturated rings. The zero-order valence-corrected chi connectivity index (χ0v) is 21.1. The first-order chi connectivity index (χ1) is 18.5. The highest BCUT2D eigenvalue weighted by atomic mass is 16.7. The van der Waals surface area contributed by atoms with Gasteiger partial charge in [0.05, 0.1) is 5.56 Å². The normalized spacial score (nSPS) is 11.9. The minimum absolute atomic E-state index is 0.0836. The molecule has 0 saturated carbocycles. The third-order valence-corrected chi connectivity index (χ3v) is 6.11. The second-order valence-electron chi connectivity index (χ2n) is 9.20. The number of fused-ring (bicyclic) bond motifs is 1. The highest BCUT2D eigenvalue weighted by molar-refractivity contribution is 6.03. The third-order valence-electron chi connectivity index (χ3n) is 6.11. The van der Waals surface area contributed by atoms with E-state index in [4.69, 9.17) is 14.2 Å². The molecule has 0 aliphatic carbocycles. The first-order valence-electron chi connectivity index (χ1n) is 12.4. The molecule has 1 aliphatic heterocycles. The van der Waals surface area contributed by atoms with Crippen LogP contribution >= 0.6 is 0 Å². The van der Waals surface area contributed by atoms with E-state index in [1.807, 2.05) is 74.5 Å². The number of amides is 2. The number of benzene rings is 4. The predicted octanol–water partition coefficient (Wildman–Crippen LogP) is 7.07. The van der Waals surface area contributed by atoms with Gasteiger partial charge >= 0.3 is 6.03 Å². The standard InChI is InChI=1S/C31H28N2O5/c1-20(2)29(34)25-17-23(32-31(35)33-24-14-16-27-28(18-24)37-19-36-27)13-15-26(25)38-30(21-9-5-3-6-10-21)22-11-7-4-8-12-22/h3-18,20,30H,19H2,1-2H3,(H2,32,33,35). The Morgan fingerprint density at radius 1 is 0.737 bits per heavy atom. The molecule has 2 amide bonds. The number of rotatable bonds is 8. The molecule has 7 heteroatoms. The van der Waals surface area contributed by atoms with E-state index < -0.39 is 12.1 Å². The number of ketones is 1. The summed E-state index contributed by atoms with van der Waals surface area (Å²) in [6.07, 6.45) is -0.413. The molecule has 0 radical (unpaired) electrons. The molecule has 0 saturated heterocycles. The fourth-order valence-electron chi connectivity index (χ4n) is 4.19. The molecular weight excluding hydrogens is 480 g/mol. The van der Waals surface area contributed by atoms with Crippen molar-refractivity contribution in [3.05, 3.63) is 114 Å². The third kappa shape index (κ3) is 5.62. The SMILES string of the molecule is CC(C)C(=O)c1cc(NC(=O)Nc2ccc3c(c2)OCO3)ccc1OC(c1ccccc1)c1ccccc1. The lowest BCUT2D eigenvalue weighted by molar-refractivity contribution is 0.0933. The van der Waals surface area contributed by atoms with Crippen LogP contribution in [0.5, 0.6) is 17.2 Å². The van der Waals surface area contributed by atoms with E-state index in [1.165, 1.54) is 0 Å². The van der Waals surface area contributed by atoms with Gasteiger partial charge in [-0.1, -0.05) is 74.5 Å². The molecule has 38 heavy (non-hydrogen) atoms. The van der Waals surface area contributed by atoms with Crippen LogP contribution in [0, 0.1) is 5.92 Å². The molecule has 1 aliphatic rings. The maximum atomic E-state index is 13.2. The maximum absolute atomic E-state index is 13.2. The lowest BCUT2D eigenvalue weighted by Crippen LogP contribution is -2.20. The number of Topliss-reactive ketones (excluding diaryl/α,β-unsaturated/α-hetero) is 1. The summed E-state index contributed by atoms with van der Waals surface area (Å²) in [5, 5.41) is 5.59. The van der Waals surface area contributed by atoms with Crippen molar-refractivity contribution in [1.82, 2.24) is 0 Å². The number of anilines is 2. The molecule has 2 N–H and O–H groups in total. The molecule has 0 unspecified atom stereocenters. The Hall–Kier alpha value is -4.78. The molecule has 0 atom stereocenters. The fourth-order valence-corrected chi connectivity index (χ4v) is 4.19. The molecule has 192 valence electrons. The number of carbonyl (C=O) groups is 2. The van der Waals surface area contributed by atoms with Gasteiger partial charge in [-0.05, 0) is 41.5 Å². The van der Waals surface area contributed by atoms with Crippen molar-refractivity contribution in [2.75, 3.05) is 17.4 Å². The number of ether oxygens (including phenoxy) is 3. The van der Waals surface area contributed by atoms with Crippen LogP contribution in [0.4, 0.5) is 16.2 Å². The van der Waals surface area contributed by atoms with E-state index in [9.17, 15) is 9.59 Å². The van der Waals surface area contributed by atoms with E-state index in [0.29, 0.717) is 34.2 Å². The fraction of sp³-hybridized carbons (Fsp3) is 0.161. The smallest absolute Gasteiger partial charge is 0.323 e. The Labute approximate surface area is 221 Å². The summed E-state index contributed by atoms with van der Waals surface area (Å²) >= 11 is 0.